The molecule has 0 aliphatic rings. The Morgan fingerprint density at radius 3 is 2.17 bits per heavy atom. The van der Waals surface area contributed by atoms with Crippen molar-refractivity contribution in [2.75, 3.05) is 13.6 Å². The molecule has 0 rings (SSSR count). The summed E-state index contributed by atoms with van der Waals surface area (Å²) >= 11 is 0. The second-order valence-corrected chi connectivity index (χ2v) is 0.957. The van der Waals surface area contributed by atoms with Crippen molar-refractivity contribution in [3.05, 3.63) is 6.92 Å². The molecule has 0 radical (unpaired) electrons. The molecular formula is C4H10LiN. The molecule has 0 aliphatic heterocycles. The summed E-state index contributed by atoms with van der Waals surface area (Å²) in [7, 11) is 1.92. The number of nitrogens with one attached hydrogen (secondary N) is 1. The molecule has 2 heteroatoms. The van der Waals surface area contributed by atoms with E-state index in [0.29, 0.717) is 0 Å². The largest absolute Gasteiger partial charge is 1.00 e. The Balaban J connectivity index is 0. The topological polar surface area (TPSA) is 12.0 Å². The van der Waals surface area contributed by atoms with Crippen LogP contribution in [0.15, 0.2) is 0 Å². The van der Waals surface area contributed by atoms with Gasteiger partial charge >= 0.3 is 18.9 Å². The molecule has 0 heterocycles. The van der Waals surface area contributed by atoms with Crippen molar-refractivity contribution in [1.82, 2.24) is 5.32 Å². The quantitative estimate of drug-likeness (QED) is 0.283. The molecule has 1 nitrogen and oxygen atoms in total. The minimum atomic E-state index is 0. The molecule has 0 atom stereocenters. The van der Waals surface area contributed by atoms with E-state index in [1.807, 2.05) is 7.05 Å². The van der Waals surface area contributed by atoms with Gasteiger partial charge in [0.25, 0.3) is 0 Å². The van der Waals surface area contributed by atoms with E-state index < -0.39 is 0 Å². The molecule has 0 spiro atoms. The van der Waals surface area contributed by atoms with E-state index >= 15 is 0 Å². The van der Waals surface area contributed by atoms with Crippen LogP contribution in [-0.2, 0) is 0 Å². The molecule has 0 aromatic heterocycles. The predicted octanol–water partition coefficient (Wildman–Crippen LogP) is -2.57. The first-order valence-corrected chi connectivity index (χ1v) is 1.85. The molecule has 0 amide bonds. The Morgan fingerprint density at radius 2 is 2.17 bits per heavy atom. The van der Waals surface area contributed by atoms with Crippen molar-refractivity contribution in [2.24, 2.45) is 0 Å². The summed E-state index contributed by atoms with van der Waals surface area (Å²) in [5, 5.41) is 2.95. The van der Waals surface area contributed by atoms with Crippen LogP contribution in [0.25, 0.3) is 0 Å². The first-order chi connectivity index (χ1) is 2.41. The van der Waals surface area contributed by atoms with Crippen LogP contribution in [-0.4, -0.2) is 13.6 Å². The molecule has 0 aromatic rings. The third-order valence-corrected chi connectivity index (χ3v) is 0.427. The van der Waals surface area contributed by atoms with Crippen LogP contribution >= 0.6 is 0 Å². The van der Waals surface area contributed by atoms with Crippen LogP contribution < -0.4 is 24.2 Å². The molecule has 0 aromatic carbocycles. The third-order valence-electron chi connectivity index (χ3n) is 0.427. The first-order valence-electron chi connectivity index (χ1n) is 1.85. The summed E-state index contributed by atoms with van der Waals surface area (Å²) in [5.74, 6) is 0. The summed E-state index contributed by atoms with van der Waals surface area (Å²) < 4.78 is 0. The van der Waals surface area contributed by atoms with Gasteiger partial charge in [-0.3, -0.25) is 0 Å². The minimum absolute atomic E-state index is 0. The van der Waals surface area contributed by atoms with E-state index in [2.05, 4.69) is 12.2 Å². The Bertz CT molecular complexity index is 15.0. The fraction of sp³-hybridized carbons (Fsp3) is 0.750. The maximum Gasteiger partial charge on any atom is 1.00 e. The second-order valence-electron chi connectivity index (χ2n) is 0.957. The molecule has 0 saturated heterocycles. The normalized spacial score (nSPS) is 7.00. The van der Waals surface area contributed by atoms with Gasteiger partial charge in [-0.05, 0) is 13.6 Å². The SMILES string of the molecule is [CH2-]CCNC.[Li+]. The van der Waals surface area contributed by atoms with Crippen molar-refractivity contribution in [3.63, 3.8) is 0 Å². The minimum Gasteiger partial charge on any atom is -0.342 e. The maximum atomic E-state index is 3.61. The zero-order chi connectivity index (χ0) is 4.12. The van der Waals surface area contributed by atoms with Crippen LogP contribution in [0, 0.1) is 6.92 Å². The summed E-state index contributed by atoms with van der Waals surface area (Å²) in [6, 6.07) is 0. The van der Waals surface area contributed by atoms with E-state index in [1.54, 1.807) is 0 Å². The van der Waals surface area contributed by atoms with Gasteiger partial charge in [-0.25, -0.2) is 0 Å². The maximum absolute atomic E-state index is 3.61. The molecule has 0 unspecified atom stereocenters. The van der Waals surface area contributed by atoms with Crippen LogP contribution in [0.3, 0.4) is 0 Å². The van der Waals surface area contributed by atoms with Crippen molar-refractivity contribution in [2.45, 2.75) is 6.42 Å². The fourth-order valence-electron chi connectivity index (χ4n) is 0.177. The van der Waals surface area contributed by atoms with Gasteiger partial charge in [0, 0.05) is 0 Å². The van der Waals surface area contributed by atoms with E-state index in [1.165, 1.54) is 0 Å². The molecule has 0 saturated carbocycles. The van der Waals surface area contributed by atoms with Gasteiger partial charge in [-0.1, -0.05) is 0 Å². The second kappa shape index (κ2) is 9.12. The Hall–Kier alpha value is 0.557. The summed E-state index contributed by atoms with van der Waals surface area (Å²) in [6.07, 6.45) is 0.983. The van der Waals surface area contributed by atoms with Crippen molar-refractivity contribution in [3.8, 4) is 0 Å². The number of hydrogen-bond acceptors (Lipinski definition) is 1. The summed E-state index contributed by atoms with van der Waals surface area (Å²) in [6.45, 7) is 4.64. The third kappa shape index (κ3) is 8.82. The predicted molar refractivity (Wildman–Crippen MR) is 23.9 cm³/mol. The zero-order valence-electron chi connectivity index (χ0n) is 4.62. The zero-order valence-corrected chi connectivity index (χ0v) is 4.62. The first kappa shape index (κ1) is 9.75. The van der Waals surface area contributed by atoms with E-state index in [0.717, 1.165) is 13.0 Å². The van der Waals surface area contributed by atoms with Gasteiger partial charge in [0.05, 0.1) is 0 Å². The molecular weight excluding hydrogens is 69.0 g/mol. The van der Waals surface area contributed by atoms with E-state index in [9.17, 15) is 0 Å². The molecule has 0 bridgehead atoms. The van der Waals surface area contributed by atoms with Crippen LogP contribution in [0.1, 0.15) is 6.42 Å². The molecule has 32 valence electrons. The van der Waals surface area contributed by atoms with Crippen LogP contribution in [0.2, 0.25) is 0 Å². The van der Waals surface area contributed by atoms with Gasteiger partial charge in [0.15, 0.2) is 0 Å². The monoisotopic (exact) mass is 79.1 g/mol. The standard InChI is InChI=1S/C4H10N.Li/c1-3-4-5-2;/h5H,1,3-4H2,2H3;/q-1;+1. The van der Waals surface area contributed by atoms with Crippen molar-refractivity contribution in [1.29, 1.82) is 0 Å². The van der Waals surface area contributed by atoms with Crippen LogP contribution in [0.4, 0.5) is 0 Å². The van der Waals surface area contributed by atoms with Gasteiger partial charge in [-0.2, -0.15) is 6.42 Å². The Morgan fingerprint density at radius 1 is 1.67 bits per heavy atom. The smallest absolute Gasteiger partial charge is 0.342 e. The van der Waals surface area contributed by atoms with Gasteiger partial charge < -0.3 is 12.2 Å². The Kier molecular flexibility index (Phi) is 14.8. The van der Waals surface area contributed by atoms with Crippen molar-refractivity contribution >= 4 is 0 Å². The summed E-state index contributed by atoms with van der Waals surface area (Å²) in [5.41, 5.74) is 0. The van der Waals surface area contributed by atoms with E-state index in [4.69, 9.17) is 0 Å². The van der Waals surface area contributed by atoms with Gasteiger partial charge in [0.2, 0.25) is 0 Å². The fourth-order valence-corrected chi connectivity index (χ4v) is 0.177. The number of hydrogen-bond donors (Lipinski definition) is 1. The number of rotatable bonds is 2. The molecule has 0 fully saturated rings. The average molecular weight is 79.1 g/mol. The van der Waals surface area contributed by atoms with E-state index in [-0.39, 0.29) is 18.9 Å². The van der Waals surface area contributed by atoms with Crippen LogP contribution in [0.5, 0.6) is 0 Å². The molecule has 6 heavy (non-hydrogen) atoms. The Labute approximate surface area is 51.7 Å². The summed E-state index contributed by atoms with van der Waals surface area (Å²) in [4.78, 5) is 0. The van der Waals surface area contributed by atoms with Crippen molar-refractivity contribution < 1.29 is 18.9 Å². The average Bonchev–Trinajstić information content (AvgIpc) is 1.41. The van der Waals surface area contributed by atoms with Gasteiger partial charge in [0.1, 0.15) is 0 Å². The molecule has 1 N–H and O–H groups in total. The van der Waals surface area contributed by atoms with Gasteiger partial charge in [-0.15, -0.1) is 0 Å². The molecule has 0 aliphatic carbocycles.